The number of rotatable bonds is 10. The molecule has 0 heterocycles. The molecule has 0 atom stereocenters. The van der Waals surface area contributed by atoms with Crippen LogP contribution in [0.4, 0.5) is 17.1 Å². The zero-order chi connectivity index (χ0) is 24.7. The second kappa shape index (κ2) is 11.4. The largest absolute Gasteiger partial charge is 0.321 e. The Labute approximate surface area is 211 Å². The van der Waals surface area contributed by atoms with Crippen LogP contribution in [0.3, 0.4) is 0 Å². The molecule has 35 heavy (non-hydrogen) atoms. The second-order valence-corrected chi connectivity index (χ2v) is 9.40. The number of unbranched alkanes of at least 4 members (excludes halogenated alkanes) is 1. The van der Waals surface area contributed by atoms with Gasteiger partial charge in [0, 0.05) is 16.9 Å². The average molecular weight is 463 g/mol. The highest BCUT2D eigenvalue weighted by molar-refractivity contribution is 5.82. The molecule has 2 heteroatoms. The molecule has 0 saturated heterocycles. The summed E-state index contributed by atoms with van der Waals surface area (Å²) in [5, 5.41) is 0. The van der Waals surface area contributed by atoms with Crippen molar-refractivity contribution in [3.8, 4) is 11.1 Å². The number of benzene rings is 4. The molecule has 4 rings (SSSR count). The highest BCUT2D eigenvalue weighted by atomic mass is 15.1. The predicted octanol–water partition coefficient (Wildman–Crippen LogP) is 9.14. The topological polar surface area (TPSA) is 29.3 Å². The zero-order valence-corrected chi connectivity index (χ0v) is 21.4. The standard InChI is InChI=1S/C33H38N2/c1-4-7-14-26-19-21-27(22-20-26)28-23-24-31(33(34,5-2)6-3)32(25-28)35(29-15-10-8-11-16-29)30-17-12-9-13-18-30/h8-13,15-25H,4-7,14,34H2,1-3H3. The van der Waals surface area contributed by atoms with E-state index in [9.17, 15) is 0 Å². The van der Waals surface area contributed by atoms with Gasteiger partial charge in [-0.1, -0.05) is 100.0 Å². The maximum Gasteiger partial charge on any atom is 0.0518 e. The molecular weight excluding hydrogens is 424 g/mol. The Bertz CT molecular complexity index is 1150. The van der Waals surface area contributed by atoms with Crippen LogP contribution in [-0.4, -0.2) is 0 Å². The SMILES string of the molecule is CCCCc1ccc(-c2ccc(C(N)(CC)CC)c(N(c3ccccc3)c3ccccc3)c2)cc1. The number of hydrogen-bond donors (Lipinski definition) is 1. The van der Waals surface area contributed by atoms with Gasteiger partial charge in [0.15, 0.2) is 0 Å². The highest BCUT2D eigenvalue weighted by Gasteiger charge is 2.29. The minimum Gasteiger partial charge on any atom is -0.321 e. The van der Waals surface area contributed by atoms with Crippen molar-refractivity contribution in [3.63, 3.8) is 0 Å². The Balaban J connectivity index is 1.89. The first kappa shape index (κ1) is 24.8. The fraction of sp³-hybridized carbons (Fsp3) is 0.273. The lowest BCUT2D eigenvalue weighted by Crippen LogP contribution is -2.36. The van der Waals surface area contributed by atoms with E-state index in [4.69, 9.17) is 5.73 Å². The molecule has 2 N–H and O–H groups in total. The third kappa shape index (κ3) is 5.49. The van der Waals surface area contributed by atoms with E-state index >= 15 is 0 Å². The van der Waals surface area contributed by atoms with E-state index in [0.717, 1.165) is 36.3 Å². The van der Waals surface area contributed by atoms with Crippen LogP contribution >= 0.6 is 0 Å². The van der Waals surface area contributed by atoms with Crippen molar-refractivity contribution in [2.24, 2.45) is 5.73 Å². The molecule has 0 aliphatic heterocycles. The Kier molecular flexibility index (Phi) is 8.05. The molecule has 0 fully saturated rings. The molecule has 0 amide bonds. The van der Waals surface area contributed by atoms with Gasteiger partial charge in [0.2, 0.25) is 0 Å². The van der Waals surface area contributed by atoms with Crippen LogP contribution in [-0.2, 0) is 12.0 Å². The van der Waals surface area contributed by atoms with Gasteiger partial charge in [0.05, 0.1) is 5.69 Å². The van der Waals surface area contributed by atoms with Gasteiger partial charge < -0.3 is 10.6 Å². The van der Waals surface area contributed by atoms with Crippen LogP contribution in [0.5, 0.6) is 0 Å². The van der Waals surface area contributed by atoms with Crippen molar-refractivity contribution < 1.29 is 0 Å². The monoisotopic (exact) mass is 462 g/mol. The number of aryl methyl sites for hydroxylation is 1. The molecule has 4 aromatic rings. The van der Waals surface area contributed by atoms with Crippen molar-refractivity contribution in [2.45, 2.75) is 58.4 Å². The summed E-state index contributed by atoms with van der Waals surface area (Å²) in [5.74, 6) is 0. The molecule has 4 aromatic carbocycles. The van der Waals surface area contributed by atoms with Crippen molar-refractivity contribution in [1.82, 2.24) is 0 Å². The Morgan fingerprint density at radius 3 is 1.71 bits per heavy atom. The Morgan fingerprint density at radius 1 is 0.657 bits per heavy atom. The molecular formula is C33H38N2. The van der Waals surface area contributed by atoms with Gasteiger partial charge in [0.1, 0.15) is 0 Å². The van der Waals surface area contributed by atoms with Crippen LogP contribution in [0.2, 0.25) is 0 Å². The third-order valence-corrected chi connectivity index (χ3v) is 7.17. The van der Waals surface area contributed by atoms with Crippen molar-refractivity contribution in [2.75, 3.05) is 4.90 Å². The molecule has 0 spiro atoms. The molecule has 0 aliphatic carbocycles. The number of nitrogens with zero attached hydrogens (tertiary/aromatic N) is 1. The average Bonchev–Trinajstić information content (AvgIpc) is 2.93. The first-order valence-electron chi connectivity index (χ1n) is 13.0. The summed E-state index contributed by atoms with van der Waals surface area (Å²) in [6.07, 6.45) is 5.34. The van der Waals surface area contributed by atoms with Crippen LogP contribution in [0.15, 0.2) is 103 Å². The van der Waals surface area contributed by atoms with E-state index < -0.39 is 5.54 Å². The molecule has 0 unspecified atom stereocenters. The smallest absolute Gasteiger partial charge is 0.0518 e. The predicted molar refractivity (Wildman–Crippen MR) is 152 cm³/mol. The molecule has 2 nitrogen and oxygen atoms in total. The van der Waals surface area contributed by atoms with Crippen LogP contribution < -0.4 is 10.6 Å². The van der Waals surface area contributed by atoms with E-state index in [1.165, 1.54) is 35.1 Å². The summed E-state index contributed by atoms with van der Waals surface area (Å²) in [5.41, 5.74) is 15.1. The number of para-hydroxylation sites is 2. The van der Waals surface area contributed by atoms with Crippen LogP contribution in [0, 0.1) is 0 Å². The van der Waals surface area contributed by atoms with E-state index in [1.54, 1.807) is 0 Å². The van der Waals surface area contributed by atoms with Crippen molar-refractivity contribution in [1.29, 1.82) is 0 Å². The van der Waals surface area contributed by atoms with Gasteiger partial charge in [-0.15, -0.1) is 0 Å². The fourth-order valence-electron chi connectivity index (χ4n) is 4.77. The summed E-state index contributed by atoms with van der Waals surface area (Å²) < 4.78 is 0. The van der Waals surface area contributed by atoms with Gasteiger partial charge >= 0.3 is 0 Å². The first-order chi connectivity index (χ1) is 17.1. The maximum absolute atomic E-state index is 7.04. The summed E-state index contributed by atoms with van der Waals surface area (Å²) in [6, 6.07) is 37.1. The molecule has 0 bridgehead atoms. The number of nitrogens with two attached hydrogens (primary N) is 1. The maximum atomic E-state index is 7.04. The van der Waals surface area contributed by atoms with Crippen molar-refractivity contribution >= 4 is 17.1 Å². The zero-order valence-electron chi connectivity index (χ0n) is 21.4. The lowest BCUT2D eigenvalue weighted by atomic mass is 9.83. The first-order valence-corrected chi connectivity index (χ1v) is 13.0. The van der Waals surface area contributed by atoms with Gasteiger partial charge in [-0.05, 0) is 78.3 Å². The molecule has 0 aromatic heterocycles. The summed E-state index contributed by atoms with van der Waals surface area (Å²) >= 11 is 0. The summed E-state index contributed by atoms with van der Waals surface area (Å²) in [6.45, 7) is 6.62. The van der Waals surface area contributed by atoms with E-state index in [1.807, 2.05) is 0 Å². The van der Waals surface area contributed by atoms with Crippen LogP contribution in [0.1, 0.15) is 57.6 Å². The molecule has 0 radical (unpaired) electrons. The summed E-state index contributed by atoms with van der Waals surface area (Å²) in [4.78, 5) is 2.35. The third-order valence-electron chi connectivity index (χ3n) is 7.17. The number of hydrogen-bond acceptors (Lipinski definition) is 2. The molecule has 0 aliphatic rings. The Morgan fingerprint density at radius 2 is 1.20 bits per heavy atom. The highest BCUT2D eigenvalue weighted by Crippen LogP contribution is 2.43. The van der Waals surface area contributed by atoms with Gasteiger partial charge in [-0.2, -0.15) is 0 Å². The van der Waals surface area contributed by atoms with E-state index in [0.29, 0.717) is 0 Å². The van der Waals surface area contributed by atoms with E-state index in [2.05, 4.69) is 129 Å². The quantitative estimate of drug-likeness (QED) is 0.254. The van der Waals surface area contributed by atoms with E-state index in [-0.39, 0.29) is 0 Å². The Hall–Kier alpha value is -3.36. The van der Waals surface area contributed by atoms with Gasteiger partial charge in [-0.25, -0.2) is 0 Å². The van der Waals surface area contributed by atoms with Gasteiger partial charge in [-0.3, -0.25) is 0 Å². The fourth-order valence-corrected chi connectivity index (χ4v) is 4.77. The van der Waals surface area contributed by atoms with Crippen LogP contribution in [0.25, 0.3) is 11.1 Å². The molecule has 0 saturated carbocycles. The van der Waals surface area contributed by atoms with Crippen molar-refractivity contribution in [3.05, 3.63) is 114 Å². The lowest BCUT2D eigenvalue weighted by molar-refractivity contribution is 0.413. The minimum absolute atomic E-state index is 0.403. The second-order valence-electron chi connectivity index (χ2n) is 9.40. The van der Waals surface area contributed by atoms with Gasteiger partial charge in [0.25, 0.3) is 0 Å². The summed E-state index contributed by atoms with van der Waals surface area (Å²) in [7, 11) is 0. The number of anilines is 3. The molecule has 180 valence electrons. The lowest BCUT2D eigenvalue weighted by Gasteiger charge is -2.35. The normalized spacial score (nSPS) is 11.4. The minimum atomic E-state index is -0.403.